The normalized spacial score (nSPS) is 9.50. The molecule has 1 rings (SSSR count). The van der Waals surface area contributed by atoms with Crippen molar-refractivity contribution in [2.45, 2.75) is 4.90 Å². The Morgan fingerprint density at radius 3 is 2.67 bits per heavy atom. The second-order valence-corrected chi connectivity index (χ2v) is 2.60. The SMILES string of the molecule is COc1ccc([N+](=O)[O-])cc1S. The maximum Gasteiger partial charge on any atom is 0.270 e. The summed E-state index contributed by atoms with van der Waals surface area (Å²) in [6.07, 6.45) is 0. The number of ether oxygens (including phenoxy) is 1. The third-order valence-electron chi connectivity index (χ3n) is 1.37. The molecular weight excluding hydrogens is 178 g/mol. The zero-order valence-electron chi connectivity index (χ0n) is 6.35. The van der Waals surface area contributed by atoms with E-state index in [2.05, 4.69) is 12.6 Å². The van der Waals surface area contributed by atoms with Crippen LogP contribution in [-0.2, 0) is 0 Å². The molecular formula is C7H7NO3S. The summed E-state index contributed by atoms with van der Waals surface area (Å²) >= 11 is 4.01. The first-order chi connectivity index (χ1) is 5.65. The first-order valence-electron chi connectivity index (χ1n) is 3.16. The molecule has 64 valence electrons. The van der Waals surface area contributed by atoms with Crippen molar-refractivity contribution in [1.82, 2.24) is 0 Å². The number of hydrogen-bond donors (Lipinski definition) is 1. The number of non-ortho nitro benzene ring substituents is 1. The summed E-state index contributed by atoms with van der Waals surface area (Å²) in [5, 5.41) is 10.3. The van der Waals surface area contributed by atoms with E-state index in [0.29, 0.717) is 10.6 Å². The van der Waals surface area contributed by atoms with Gasteiger partial charge >= 0.3 is 0 Å². The quantitative estimate of drug-likeness (QED) is 0.435. The van der Waals surface area contributed by atoms with Crippen LogP contribution in [0.5, 0.6) is 5.75 Å². The van der Waals surface area contributed by atoms with Crippen molar-refractivity contribution < 1.29 is 9.66 Å². The van der Waals surface area contributed by atoms with Gasteiger partial charge in [-0.1, -0.05) is 0 Å². The molecule has 0 amide bonds. The predicted molar refractivity (Wildman–Crippen MR) is 46.9 cm³/mol. The highest BCUT2D eigenvalue weighted by atomic mass is 32.1. The van der Waals surface area contributed by atoms with Crippen LogP contribution in [0, 0.1) is 10.1 Å². The van der Waals surface area contributed by atoms with Gasteiger partial charge in [-0.2, -0.15) is 0 Å². The van der Waals surface area contributed by atoms with Gasteiger partial charge in [0.25, 0.3) is 5.69 Å². The Morgan fingerprint density at radius 2 is 2.25 bits per heavy atom. The van der Waals surface area contributed by atoms with Crippen molar-refractivity contribution in [2.24, 2.45) is 0 Å². The molecule has 0 aliphatic carbocycles. The van der Waals surface area contributed by atoms with Crippen molar-refractivity contribution in [3.8, 4) is 5.75 Å². The Kier molecular flexibility index (Phi) is 2.54. The molecule has 0 spiro atoms. The minimum absolute atomic E-state index is 0.0146. The van der Waals surface area contributed by atoms with E-state index in [1.807, 2.05) is 0 Å². The van der Waals surface area contributed by atoms with Gasteiger partial charge in [0, 0.05) is 12.1 Å². The number of methoxy groups -OCH3 is 1. The largest absolute Gasteiger partial charge is 0.496 e. The van der Waals surface area contributed by atoms with E-state index >= 15 is 0 Å². The maximum atomic E-state index is 10.3. The van der Waals surface area contributed by atoms with E-state index in [1.54, 1.807) is 0 Å². The molecule has 0 radical (unpaired) electrons. The zero-order valence-corrected chi connectivity index (χ0v) is 7.25. The monoisotopic (exact) mass is 185 g/mol. The number of nitro groups is 1. The van der Waals surface area contributed by atoms with Crippen LogP contribution in [0.1, 0.15) is 0 Å². The van der Waals surface area contributed by atoms with E-state index in [1.165, 1.54) is 25.3 Å². The van der Waals surface area contributed by atoms with Crippen molar-refractivity contribution in [1.29, 1.82) is 0 Å². The Balaban J connectivity index is 3.10. The fraction of sp³-hybridized carbons (Fsp3) is 0.143. The van der Waals surface area contributed by atoms with Crippen LogP contribution < -0.4 is 4.74 Å². The summed E-state index contributed by atoms with van der Waals surface area (Å²) in [6.45, 7) is 0. The highest BCUT2D eigenvalue weighted by Crippen LogP contribution is 2.26. The molecule has 0 saturated carbocycles. The van der Waals surface area contributed by atoms with Crippen molar-refractivity contribution in [3.05, 3.63) is 28.3 Å². The molecule has 4 nitrogen and oxygen atoms in total. The van der Waals surface area contributed by atoms with Crippen molar-refractivity contribution >= 4 is 18.3 Å². The molecule has 0 N–H and O–H groups in total. The molecule has 0 aromatic heterocycles. The molecule has 1 aromatic rings. The predicted octanol–water partition coefficient (Wildman–Crippen LogP) is 1.89. The van der Waals surface area contributed by atoms with Gasteiger partial charge in [0.1, 0.15) is 5.75 Å². The molecule has 0 heterocycles. The van der Waals surface area contributed by atoms with Gasteiger partial charge in [-0.05, 0) is 6.07 Å². The fourth-order valence-corrected chi connectivity index (χ4v) is 1.09. The van der Waals surface area contributed by atoms with Crippen LogP contribution >= 0.6 is 12.6 Å². The molecule has 0 fully saturated rings. The fourth-order valence-electron chi connectivity index (χ4n) is 0.792. The number of nitrogens with zero attached hydrogens (tertiary/aromatic N) is 1. The molecule has 0 unspecified atom stereocenters. The molecule has 12 heavy (non-hydrogen) atoms. The highest BCUT2D eigenvalue weighted by molar-refractivity contribution is 7.80. The Hall–Kier alpha value is -1.23. The molecule has 5 heteroatoms. The van der Waals surface area contributed by atoms with Gasteiger partial charge in [-0.15, -0.1) is 12.6 Å². The van der Waals surface area contributed by atoms with E-state index in [0.717, 1.165) is 0 Å². The summed E-state index contributed by atoms with van der Waals surface area (Å²) in [7, 11) is 1.49. The second kappa shape index (κ2) is 3.44. The molecule has 0 atom stereocenters. The van der Waals surface area contributed by atoms with E-state index in [4.69, 9.17) is 4.74 Å². The summed E-state index contributed by atoms with van der Waals surface area (Å²) in [5.41, 5.74) is 0.0146. The van der Waals surface area contributed by atoms with Crippen LogP contribution in [-0.4, -0.2) is 12.0 Å². The second-order valence-electron chi connectivity index (χ2n) is 2.11. The minimum atomic E-state index is -0.473. The Bertz CT molecular complexity index is 314. The topological polar surface area (TPSA) is 52.4 Å². The minimum Gasteiger partial charge on any atom is -0.496 e. The summed E-state index contributed by atoms with van der Waals surface area (Å²) in [6, 6.07) is 4.24. The number of rotatable bonds is 2. The smallest absolute Gasteiger partial charge is 0.270 e. The first kappa shape index (κ1) is 8.86. The van der Waals surface area contributed by atoms with Crippen LogP contribution in [0.2, 0.25) is 0 Å². The summed E-state index contributed by atoms with van der Waals surface area (Å²) in [4.78, 5) is 10.3. The lowest BCUT2D eigenvalue weighted by atomic mass is 10.3. The van der Waals surface area contributed by atoms with Crippen LogP contribution in [0.15, 0.2) is 23.1 Å². The number of hydrogen-bond acceptors (Lipinski definition) is 4. The van der Waals surface area contributed by atoms with Gasteiger partial charge in [-0.3, -0.25) is 10.1 Å². The molecule has 0 aliphatic rings. The molecule has 0 aliphatic heterocycles. The number of benzene rings is 1. The third kappa shape index (κ3) is 1.68. The van der Waals surface area contributed by atoms with Gasteiger partial charge in [0.15, 0.2) is 0 Å². The van der Waals surface area contributed by atoms with Gasteiger partial charge in [-0.25, -0.2) is 0 Å². The lowest BCUT2D eigenvalue weighted by Crippen LogP contribution is -1.89. The summed E-state index contributed by atoms with van der Waals surface area (Å²) in [5.74, 6) is 0.531. The average molecular weight is 185 g/mol. The average Bonchev–Trinajstić information content (AvgIpc) is 2.04. The lowest BCUT2D eigenvalue weighted by molar-refractivity contribution is -0.385. The maximum absolute atomic E-state index is 10.3. The van der Waals surface area contributed by atoms with Crippen LogP contribution in [0.25, 0.3) is 0 Å². The molecule has 0 saturated heterocycles. The van der Waals surface area contributed by atoms with Gasteiger partial charge in [0.05, 0.1) is 16.9 Å². The standard InChI is InChI=1S/C7H7NO3S/c1-11-6-3-2-5(8(9)10)4-7(6)12/h2-4,12H,1H3. The highest BCUT2D eigenvalue weighted by Gasteiger charge is 2.07. The Labute approximate surface area is 74.7 Å². The van der Waals surface area contributed by atoms with E-state index in [9.17, 15) is 10.1 Å². The lowest BCUT2D eigenvalue weighted by Gasteiger charge is -2.01. The van der Waals surface area contributed by atoms with E-state index < -0.39 is 4.92 Å². The molecule has 0 bridgehead atoms. The Morgan fingerprint density at radius 1 is 1.58 bits per heavy atom. The van der Waals surface area contributed by atoms with E-state index in [-0.39, 0.29) is 5.69 Å². The molecule has 1 aromatic carbocycles. The van der Waals surface area contributed by atoms with Gasteiger partial charge < -0.3 is 4.74 Å². The zero-order chi connectivity index (χ0) is 9.14. The van der Waals surface area contributed by atoms with Crippen molar-refractivity contribution in [2.75, 3.05) is 7.11 Å². The third-order valence-corrected chi connectivity index (χ3v) is 1.72. The summed E-state index contributed by atoms with van der Waals surface area (Å²) < 4.78 is 4.88. The van der Waals surface area contributed by atoms with Crippen LogP contribution in [0.3, 0.4) is 0 Å². The van der Waals surface area contributed by atoms with Crippen molar-refractivity contribution in [3.63, 3.8) is 0 Å². The number of nitro benzene ring substituents is 1. The number of thiol groups is 1. The van der Waals surface area contributed by atoms with Gasteiger partial charge in [0.2, 0.25) is 0 Å². The first-order valence-corrected chi connectivity index (χ1v) is 3.61. The van der Waals surface area contributed by atoms with Crippen LogP contribution in [0.4, 0.5) is 5.69 Å².